The molecule has 13 heteroatoms. The molecule has 1 aliphatic carbocycles. The summed E-state index contributed by atoms with van der Waals surface area (Å²) in [7, 11) is -3.78. The van der Waals surface area contributed by atoms with Crippen molar-refractivity contribution >= 4 is 21.7 Å². The molecule has 0 aliphatic heterocycles. The predicted molar refractivity (Wildman–Crippen MR) is 90.2 cm³/mol. The number of hydrogen-bond donors (Lipinski definition) is 4. The van der Waals surface area contributed by atoms with Gasteiger partial charge in [-0.1, -0.05) is 0 Å². The van der Waals surface area contributed by atoms with Crippen LogP contribution in [-0.2, 0) is 10.2 Å². The number of nitrogens with one attached hydrogen (secondary N) is 2. The highest BCUT2D eigenvalue weighted by Gasteiger charge is 2.34. The van der Waals surface area contributed by atoms with Crippen LogP contribution >= 0.6 is 0 Å². The molecule has 0 radical (unpaired) electrons. The van der Waals surface area contributed by atoms with Crippen molar-refractivity contribution in [3.8, 4) is 5.88 Å². The van der Waals surface area contributed by atoms with Gasteiger partial charge < -0.3 is 4.74 Å². The molecule has 1 heterocycles. The van der Waals surface area contributed by atoms with Crippen molar-refractivity contribution in [2.75, 3.05) is 0 Å². The Bertz CT molecular complexity index is 957. The average molecular weight is 400 g/mol. The number of aryl methyl sites for hydroxylation is 1. The number of rotatable bonds is 6. The minimum atomic E-state index is -3.78. The lowest BCUT2D eigenvalue weighted by atomic mass is 9.90. The molecule has 0 bridgehead atoms. The lowest BCUT2D eigenvalue weighted by Crippen LogP contribution is -2.50. The first kappa shape index (κ1) is 19.2. The van der Waals surface area contributed by atoms with Gasteiger partial charge in [0.25, 0.3) is 16.1 Å². The highest BCUT2D eigenvalue weighted by Crippen LogP contribution is 2.27. The number of aliphatic imine (C=N–C) groups is 1. The van der Waals surface area contributed by atoms with E-state index in [0.29, 0.717) is 24.1 Å². The number of amidine groups is 1. The van der Waals surface area contributed by atoms with Gasteiger partial charge in [-0.2, -0.15) is 13.1 Å². The van der Waals surface area contributed by atoms with Gasteiger partial charge in [-0.25, -0.2) is 19.2 Å². The summed E-state index contributed by atoms with van der Waals surface area (Å²) < 4.78 is 47.8. The van der Waals surface area contributed by atoms with Gasteiger partial charge >= 0.3 is 0 Å². The first-order valence-electron chi connectivity index (χ1n) is 7.79. The minimum Gasteiger partial charge on any atom is -0.470 e. The van der Waals surface area contributed by atoms with E-state index in [4.69, 9.17) is 9.88 Å². The fourth-order valence-corrected chi connectivity index (χ4v) is 3.17. The molecule has 1 saturated carbocycles. The Morgan fingerprint density at radius 2 is 2.19 bits per heavy atom. The molecule has 2 aromatic rings. The van der Waals surface area contributed by atoms with Gasteiger partial charge in [0.2, 0.25) is 5.69 Å². The van der Waals surface area contributed by atoms with Gasteiger partial charge in [-0.3, -0.25) is 10.7 Å². The third-order valence-corrected chi connectivity index (χ3v) is 4.54. The van der Waals surface area contributed by atoms with Crippen LogP contribution in [-0.4, -0.2) is 41.9 Å². The molecule has 0 unspecified atom stereocenters. The molecule has 27 heavy (non-hydrogen) atoms. The van der Waals surface area contributed by atoms with Crippen molar-refractivity contribution in [2.24, 2.45) is 10.1 Å². The Morgan fingerprint density at radius 1 is 1.44 bits per heavy atom. The standard InChI is InChI=1S/C14H17FN6O5S/c1-7-4-8(2-3-11(7)15)17-13(18-22)12-14(20-26-19-12)25-10-5-9(6-10)21-27(16,23)24/h2-4,9-10,21-22H,5-6H2,1H3,(H,17,18)(H2,16,23,24). The largest absolute Gasteiger partial charge is 0.470 e. The molecule has 0 spiro atoms. The monoisotopic (exact) mass is 400 g/mol. The summed E-state index contributed by atoms with van der Waals surface area (Å²) in [5.41, 5.74) is 2.63. The van der Waals surface area contributed by atoms with Gasteiger partial charge in [0, 0.05) is 18.9 Å². The first-order chi connectivity index (χ1) is 12.7. The Kier molecular flexibility index (Phi) is 5.36. The normalized spacial score (nSPS) is 20.2. The molecule has 0 atom stereocenters. The molecule has 0 amide bonds. The van der Waals surface area contributed by atoms with Crippen molar-refractivity contribution in [1.29, 1.82) is 0 Å². The third kappa shape index (κ3) is 4.77. The molecule has 1 aliphatic rings. The smallest absolute Gasteiger partial charge is 0.287 e. The van der Waals surface area contributed by atoms with Crippen LogP contribution in [0.25, 0.3) is 0 Å². The Hall–Kier alpha value is -2.61. The summed E-state index contributed by atoms with van der Waals surface area (Å²) >= 11 is 0. The lowest BCUT2D eigenvalue weighted by molar-refractivity contribution is 0.0846. The van der Waals surface area contributed by atoms with Crippen LogP contribution < -0.4 is 20.1 Å². The zero-order valence-electron chi connectivity index (χ0n) is 14.1. The van der Waals surface area contributed by atoms with E-state index in [1.807, 2.05) is 5.48 Å². The molecule has 0 saturated heterocycles. The molecule has 1 fully saturated rings. The minimum absolute atomic E-state index is 0.00216. The van der Waals surface area contributed by atoms with Gasteiger partial charge in [-0.15, -0.1) is 0 Å². The van der Waals surface area contributed by atoms with Crippen molar-refractivity contribution in [3.05, 3.63) is 35.3 Å². The van der Waals surface area contributed by atoms with Crippen LogP contribution in [0, 0.1) is 12.7 Å². The molecule has 1 aromatic heterocycles. The number of hydrogen-bond acceptors (Lipinski definition) is 8. The lowest BCUT2D eigenvalue weighted by Gasteiger charge is -2.34. The highest BCUT2D eigenvalue weighted by atomic mass is 32.2. The van der Waals surface area contributed by atoms with Gasteiger partial charge in [0.1, 0.15) is 11.9 Å². The summed E-state index contributed by atoms with van der Waals surface area (Å²) in [6, 6.07) is 3.81. The van der Waals surface area contributed by atoms with Crippen molar-refractivity contribution in [2.45, 2.75) is 31.9 Å². The average Bonchev–Trinajstić information content (AvgIpc) is 3.01. The van der Waals surface area contributed by atoms with Gasteiger partial charge in [-0.05, 0) is 41.0 Å². The molecule has 3 rings (SSSR count). The zero-order valence-corrected chi connectivity index (χ0v) is 14.9. The Labute approximate surface area is 153 Å². The molecular weight excluding hydrogens is 383 g/mol. The summed E-state index contributed by atoms with van der Waals surface area (Å²) in [5, 5.41) is 21.5. The molecule has 5 N–H and O–H groups in total. The predicted octanol–water partition coefficient (Wildman–Crippen LogP) is 0.277. The maximum Gasteiger partial charge on any atom is 0.287 e. The van der Waals surface area contributed by atoms with Crippen LogP contribution in [0.5, 0.6) is 5.88 Å². The van der Waals surface area contributed by atoms with E-state index in [-0.39, 0.29) is 35.4 Å². The van der Waals surface area contributed by atoms with Crippen LogP contribution in [0.1, 0.15) is 24.1 Å². The van der Waals surface area contributed by atoms with E-state index in [1.54, 1.807) is 6.92 Å². The van der Waals surface area contributed by atoms with Crippen LogP contribution in [0.15, 0.2) is 27.8 Å². The Morgan fingerprint density at radius 3 is 2.81 bits per heavy atom. The van der Waals surface area contributed by atoms with Gasteiger partial charge in [0.15, 0.2) is 5.84 Å². The highest BCUT2D eigenvalue weighted by molar-refractivity contribution is 7.87. The Balaban J connectivity index is 1.71. The summed E-state index contributed by atoms with van der Waals surface area (Å²) in [6.07, 6.45) is 0.403. The van der Waals surface area contributed by atoms with Crippen LogP contribution in [0.3, 0.4) is 0 Å². The maximum atomic E-state index is 13.4. The van der Waals surface area contributed by atoms with E-state index >= 15 is 0 Å². The number of nitrogens with zero attached hydrogens (tertiary/aromatic N) is 3. The molecule has 146 valence electrons. The van der Waals surface area contributed by atoms with Crippen molar-refractivity contribution in [1.82, 2.24) is 20.5 Å². The number of aromatic nitrogens is 2. The topological polar surface area (TPSA) is 165 Å². The third-order valence-electron chi connectivity index (χ3n) is 3.88. The molecule has 1 aromatic carbocycles. The van der Waals surface area contributed by atoms with E-state index in [2.05, 4.69) is 24.7 Å². The fraction of sp³-hybridized carbons (Fsp3) is 0.357. The first-order valence-corrected chi connectivity index (χ1v) is 9.34. The fourth-order valence-electron chi connectivity index (χ4n) is 2.51. The molecular formula is C14H17FN6O5S. The summed E-state index contributed by atoms with van der Waals surface area (Å²) in [6.45, 7) is 1.58. The molecule has 11 nitrogen and oxygen atoms in total. The quantitative estimate of drug-likeness (QED) is 0.305. The number of ether oxygens (including phenoxy) is 1. The van der Waals surface area contributed by atoms with E-state index in [9.17, 15) is 18.0 Å². The summed E-state index contributed by atoms with van der Waals surface area (Å²) in [4.78, 5) is 4.13. The summed E-state index contributed by atoms with van der Waals surface area (Å²) in [5.74, 6) is -0.531. The van der Waals surface area contributed by atoms with Crippen molar-refractivity contribution in [3.63, 3.8) is 0 Å². The maximum absolute atomic E-state index is 13.4. The second-order valence-corrected chi connectivity index (χ2v) is 7.32. The van der Waals surface area contributed by atoms with E-state index in [0.717, 1.165) is 0 Å². The zero-order chi connectivity index (χ0) is 19.6. The number of hydroxylamine groups is 1. The van der Waals surface area contributed by atoms with Crippen molar-refractivity contribution < 1.29 is 27.4 Å². The second kappa shape index (κ2) is 7.56. The number of halogens is 1. The SMILES string of the molecule is Cc1cc(N=C(NO)c2nonc2OC2CC(NS(N)(=O)=O)C2)ccc1F. The van der Waals surface area contributed by atoms with E-state index < -0.39 is 10.2 Å². The number of nitrogens with two attached hydrogens (primary N) is 1. The second-order valence-electron chi connectivity index (χ2n) is 5.99. The van der Waals surface area contributed by atoms with E-state index in [1.165, 1.54) is 18.2 Å². The number of benzene rings is 1. The van der Waals surface area contributed by atoms with Crippen LogP contribution in [0.4, 0.5) is 10.1 Å². The van der Waals surface area contributed by atoms with Crippen LogP contribution in [0.2, 0.25) is 0 Å². The van der Waals surface area contributed by atoms with Gasteiger partial charge in [0.05, 0.1) is 5.69 Å².